The normalized spacial score (nSPS) is 13.4. The molecule has 2 unspecified atom stereocenters. The summed E-state index contributed by atoms with van der Waals surface area (Å²) in [5, 5.41) is 15.3. The zero-order valence-corrected chi connectivity index (χ0v) is 15.4. The zero-order valence-electron chi connectivity index (χ0n) is 14.6. The SMILES string of the molecule is Cc1ccsc1C(Nc1ccccc1)C(CCCO)c1ccccc1. The number of hydrogen-bond acceptors (Lipinski definition) is 3. The summed E-state index contributed by atoms with van der Waals surface area (Å²) in [6.07, 6.45) is 1.75. The first-order valence-electron chi connectivity index (χ1n) is 8.81. The van der Waals surface area contributed by atoms with E-state index in [9.17, 15) is 5.11 Å². The number of aliphatic hydroxyl groups is 1. The summed E-state index contributed by atoms with van der Waals surface area (Å²) in [5.74, 6) is 0.311. The van der Waals surface area contributed by atoms with Gasteiger partial charge in [-0.15, -0.1) is 11.3 Å². The third kappa shape index (κ3) is 4.50. The summed E-state index contributed by atoms with van der Waals surface area (Å²) in [6, 6.07) is 23.4. The molecule has 0 bridgehead atoms. The molecule has 2 nitrogen and oxygen atoms in total. The van der Waals surface area contributed by atoms with Crippen molar-refractivity contribution in [1.29, 1.82) is 0 Å². The van der Waals surface area contributed by atoms with Crippen LogP contribution in [-0.2, 0) is 0 Å². The van der Waals surface area contributed by atoms with Crippen LogP contribution >= 0.6 is 11.3 Å². The van der Waals surface area contributed by atoms with E-state index in [1.807, 2.05) is 17.4 Å². The maximum Gasteiger partial charge on any atom is 0.0677 e. The predicted octanol–water partition coefficient (Wildman–Crippen LogP) is 5.77. The van der Waals surface area contributed by atoms with Gasteiger partial charge in [0.25, 0.3) is 0 Å². The fourth-order valence-electron chi connectivity index (χ4n) is 3.30. The molecule has 0 radical (unpaired) electrons. The van der Waals surface area contributed by atoms with Crippen molar-refractivity contribution < 1.29 is 5.11 Å². The lowest BCUT2D eigenvalue weighted by Crippen LogP contribution is -2.20. The van der Waals surface area contributed by atoms with Crippen LogP contribution in [0.15, 0.2) is 72.1 Å². The molecule has 3 rings (SSSR count). The van der Waals surface area contributed by atoms with Crippen molar-refractivity contribution in [2.75, 3.05) is 11.9 Å². The molecule has 0 fully saturated rings. The zero-order chi connectivity index (χ0) is 17.5. The van der Waals surface area contributed by atoms with Crippen molar-refractivity contribution in [3.05, 3.63) is 88.1 Å². The second kappa shape index (κ2) is 8.84. The Balaban J connectivity index is 1.99. The highest BCUT2D eigenvalue weighted by Gasteiger charge is 2.26. The van der Waals surface area contributed by atoms with Gasteiger partial charge in [-0.3, -0.25) is 0 Å². The molecular weight excluding hydrogens is 326 g/mol. The first kappa shape index (κ1) is 17.7. The predicted molar refractivity (Wildman–Crippen MR) is 107 cm³/mol. The largest absolute Gasteiger partial charge is 0.396 e. The fraction of sp³-hybridized carbons (Fsp3) is 0.273. The van der Waals surface area contributed by atoms with E-state index in [0.29, 0.717) is 5.92 Å². The molecule has 0 saturated heterocycles. The van der Waals surface area contributed by atoms with E-state index in [0.717, 1.165) is 18.5 Å². The molecule has 2 N–H and O–H groups in total. The van der Waals surface area contributed by atoms with Crippen LogP contribution in [0.4, 0.5) is 5.69 Å². The van der Waals surface area contributed by atoms with Crippen molar-refractivity contribution in [3.8, 4) is 0 Å². The molecule has 130 valence electrons. The molecule has 1 heterocycles. The number of hydrogen-bond donors (Lipinski definition) is 2. The number of thiophene rings is 1. The number of aryl methyl sites for hydroxylation is 1. The van der Waals surface area contributed by atoms with Crippen LogP contribution in [-0.4, -0.2) is 11.7 Å². The minimum Gasteiger partial charge on any atom is -0.396 e. The number of aliphatic hydroxyl groups excluding tert-OH is 1. The van der Waals surface area contributed by atoms with Gasteiger partial charge < -0.3 is 10.4 Å². The molecule has 0 amide bonds. The first-order chi connectivity index (χ1) is 12.3. The van der Waals surface area contributed by atoms with Gasteiger partial charge in [0.1, 0.15) is 0 Å². The van der Waals surface area contributed by atoms with Crippen LogP contribution < -0.4 is 5.32 Å². The first-order valence-corrected chi connectivity index (χ1v) is 9.69. The molecule has 3 heteroatoms. The lowest BCUT2D eigenvalue weighted by atomic mass is 9.85. The second-order valence-corrected chi connectivity index (χ2v) is 7.29. The highest BCUT2D eigenvalue weighted by atomic mass is 32.1. The van der Waals surface area contributed by atoms with Crippen LogP contribution in [0.25, 0.3) is 0 Å². The van der Waals surface area contributed by atoms with E-state index in [1.54, 1.807) is 0 Å². The second-order valence-electron chi connectivity index (χ2n) is 6.34. The Morgan fingerprint density at radius 2 is 1.64 bits per heavy atom. The van der Waals surface area contributed by atoms with Crippen molar-refractivity contribution in [1.82, 2.24) is 0 Å². The van der Waals surface area contributed by atoms with Gasteiger partial charge in [0.2, 0.25) is 0 Å². The van der Waals surface area contributed by atoms with E-state index in [1.165, 1.54) is 16.0 Å². The Morgan fingerprint density at radius 1 is 0.960 bits per heavy atom. The van der Waals surface area contributed by atoms with E-state index in [4.69, 9.17) is 0 Å². The summed E-state index contributed by atoms with van der Waals surface area (Å²) in [5.41, 5.74) is 3.77. The molecular formula is C22H25NOS. The lowest BCUT2D eigenvalue weighted by molar-refractivity contribution is 0.277. The summed E-state index contributed by atoms with van der Waals surface area (Å²) in [4.78, 5) is 1.37. The van der Waals surface area contributed by atoms with E-state index in [-0.39, 0.29) is 12.6 Å². The van der Waals surface area contributed by atoms with Crippen LogP contribution in [0.2, 0.25) is 0 Å². The molecule has 2 aromatic carbocycles. The Morgan fingerprint density at radius 3 is 2.24 bits per heavy atom. The molecule has 2 atom stereocenters. The van der Waals surface area contributed by atoms with Crippen molar-refractivity contribution >= 4 is 17.0 Å². The van der Waals surface area contributed by atoms with Crippen molar-refractivity contribution in [3.63, 3.8) is 0 Å². The summed E-state index contributed by atoms with van der Waals surface area (Å²) in [7, 11) is 0. The van der Waals surface area contributed by atoms with Gasteiger partial charge in [0.05, 0.1) is 6.04 Å². The molecule has 3 aromatic rings. The van der Waals surface area contributed by atoms with Gasteiger partial charge in [-0.05, 0) is 54.5 Å². The van der Waals surface area contributed by atoms with Gasteiger partial charge in [-0.25, -0.2) is 0 Å². The fourth-order valence-corrected chi connectivity index (χ4v) is 4.35. The summed E-state index contributed by atoms with van der Waals surface area (Å²) in [6.45, 7) is 2.41. The van der Waals surface area contributed by atoms with Crippen LogP contribution in [0, 0.1) is 6.92 Å². The number of rotatable bonds is 8. The minimum atomic E-state index is 0.191. The van der Waals surface area contributed by atoms with E-state index in [2.05, 4.69) is 78.3 Å². The number of anilines is 1. The molecule has 0 aliphatic rings. The highest BCUT2D eigenvalue weighted by Crippen LogP contribution is 2.40. The van der Waals surface area contributed by atoms with Gasteiger partial charge in [-0.1, -0.05) is 48.5 Å². The van der Waals surface area contributed by atoms with Crippen molar-refractivity contribution in [2.45, 2.75) is 31.7 Å². The Labute approximate surface area is 154 Å². The molecule has 0 spiro atoms. The van der Waals surface area contributed by atoms with Crippen LogP contribution in [0.1, 0.15) is 40.8 Å². The third-order valence-electron chi connectivity index (χ3n) is 4.58. The lowest BCUT2D eigenvalue weighted by Gasteiger charge is -2.29. The topological polar surface area (TPSA) is 32.3 Å². The number of para-hydroxylation sites is 1. The van der Waals surface area contributed by atoms with E-state index >= 15 is 0 Å². The average molecular weight is 352 g/mol. The third-order valence-corrected chi connectivity index (χ3v) is 5.69. The van der Waals surface area contributed by atoms with Gasteiger partial charge >= 0.3 is 0 Å². The van der Waals surface area contributed by atoms with Crippen LogP contribution in [0.3, 0.4) is 0 Å². The summed E-state index contributed by atoms with van der Waals surface area (Å²) < 4.78 is 0. The van der Waals surface area contributed by atoms with Gasteiger partial charge in [-0.2, -0.15) is 0 Å². The Bertz CT molecular complexity index is 754. The smallest absolute Gasteiger partial charge is 0.0677 e. The van der Waals surface area contributed by atoms with E-state index < -0.39 is 0 Å². The number of nitrogens with one attached hydrogen (secondary N) is 1. The molecule has 1 aromatic heterocycles. The maximum atomic E-state index is 9.40. The number of benzene rings is 2. The Hall–Kier alpha value is -2.10. The standard InChI is InChI=1S/C22H25NOS/c1-17-14-16-25-22(17)21(23-19-11-6-3-7-12-19)20(13-8-15-24)18-9-4-2-5-10-18/h2-7,9-12,14,16,20-21,23-24H,8,13,15H2,1H3. The Kier molecular flexibility index (Phi) is 6.26. The molecule has 0 aliphatic heterocycles. The quantitative estimate of drug-likeness (QED) is 0.540. The minimum absolute atomic E-state index is 0.191. The molecule has 25 heavy (non-hydrogen) atoms. The monoisotopic (exact) mass is 351 g/mol. The highest BCUT2D eigenvalue weighted by molar-refractivity contribution is 7.10. The van der Waals surface area contributed by atoms with Crippen LogP contribution in [0.5, 0.6) is 0 Å². The maximum absolute atomic E-state index is 9.40. The molecule has 0 aliphatic carbocycles. The van der Waals surface area contributed by atoms with Crippen molar-refractivity contribution in [2.24, 2.45) is 0 Å². The average Bonchev–Trinajstić information content (AvgIpc) is 3.08. The molecule has 0 saturated carbocycles. The van der Waals surface area contributed by atoms with Gasteiger partial charge in [0, 0.05) is 23.1 Å². The van der Waals surface area contributed by atoms with Gasteiger partial charge in [0.15, 0.2) is 0 Å². The summed E-state index contributed by atoms with van der Waals surface area (Å²) >= 11 is 1.81.